The first kappa shape index (κ1) is 27.6. The summed E-state index contributed by atoms with van der Waals surface area (Å²) in [6, 6.07) is 1.10. The first-order valence-electron chi connectivity index (χ1n) is 14.9. The van der Waals surface area contributed by atoms with E-state index in [4.69, 9.17) is 4.74 Å². The summed E-state index contributed by atoms with van der Waals surface area (Å²) in [5, 5.41) is 7.41. The van der Waals surface area contributed by atoms with Crippen molar-refractivity contribution in [1.29, 1.82) is 0 Å². The van der Waals surface area contributed by atoms with Gasteiger partial charge in [0.15, 0.2) is 0 Å². The van der Waals surface area contributed by atoms with Crippen LogP contribution in [-0.4, -0.2) is 37.9 Å². The highest BCUT2D eigenvalue weighted by atomic mass is 16.5. The summed E-state index contributed by atoms with van der Waals surface area (Å²) in [5.74, 6) is 16.0. The molecule has 2 heterocycles. The molecule has 3 aliphatic rings. The molecule has 1 saturated carbocycles. The lowest BCUT2D eigenvalue weighted by molar-refractivity contribution is 0.0210. The van der Waals surface area contributed by atoms with E-state index in [1.807, 2.05) is 0 Å². The van der Waals surface area contributed by atoms with Crippen LogP contribution >= 0.6 is 0 Å². The van der Waals surface area contributed by atoms with Crippen molar-refractivity contribution in [3.63, 3.8) is 0 Å². The van der Waals surface area contributed by atoms with Gasteiger partial charge < -0.3 is 15.4 Å². The average molecular weight is 469 g/mol. The van der Waals surface area contributed by atoms with Gasteiger partial charge in [-0.1, -0.05) is 76.1 Å². The Morgan fingerprint density at radius 3 is 1.94 bits per heavy atom. The van der Waals surface area contributed by atoms with Gasteiger partial charge in [0.2, 0.25) is 0 Å². The fraction of sp³-hybridized carbons (Fsp3) is 0.871. The van der Waals surface area contributed by atoms with Gasteiger partial charge in [0.05, 0.1) is 12.1 Å². The Morgan fingerprint density at radius 1 is 0.618 bits per heavy atom. The van der Waals surface area contributed by atoms with E-state index in [1.165, 1.54) is 96.3 Å². The first-order chi connectivity index (χ1) is 16.8. The molecular formula is C31H52N2O. The van der Waals surface area contributed by atoms with Gasteiger partial charge in [-0.15, -0.1) is 0 Å². The van der Waals surface area contributed by atoms with E-state index >= 15 is 0 Å². The number of hydrogen-bond donors (Lipinski definition) is 2. The highest BCUT2D eigenvalue weighted by Gasteiger charge is 2.22. The molecule has 2 saturated heterocycles. The third-order valence-corrected chi connectivity index (χ3v) is 8.07. The van der Waals surface area contributed by atoms with Gasteiger partial charge in [-0.2, -0.15) is 0 Å². The van der Waals surface area contributed by atoms with Crippen LogP contribution in [-0.2, 0) is 4.74 Å². The molecule has 0 aromatic heterocycles. The SMILES string of the molecule is CCCCCCOC1CCC(C#CC2CCC(C#CC3CCC(CCCCC)NC3)NC2)CC1. The second kappa shape index (κ2) is 16.6. The predicted molar refractivity (Wildman–Crippen MR) is 145 cm³/mol. The Morgan fingerprint density at radius 2 is 1.26 bits per heavy atom. The van der Waals surface area contributed by atoms with Crippen LogP contribution in [0.4, 0.5) is 0 Å². The second-order valence-electron chi connectivity index (χ2n) is 11.1. The predicted octanol–water partition coefficient (Wildman–Crippen LogP) is 6.47. The molecule has 0 radical (unpaired) electrons. The summed E-state index contributed by atoms with van der Waals surface area (Å²) < 4.78 is 6.10. The summed E-state index contributed by atoms with van der Waals surface area (Å²) >= 11 is 0. The van der Waals surface area contributed by atoms with E-state index in [1.54, 1.807) is 0 Å². The molecule has 2 N–H and O–H groups in total. The summed E-state index contributed by atoms with van der Waals surface area (Å²) in [7, 11) is 0. The Balaban J connectivity index is 1.26. The minimum atomic E-state index is 0.366. The molecule has 1 aliphatic carbocycles. The smallest absolute Gasteiger partial charge is 0.0690 e. The van der Waals surface area contributed by atoms with E-state index in [0.717, 1.165) is 32.2 Å². The van der Waals surface area contributed by atoms with Crippen LogP contribution in [0.1, 0.15) is 117 Å². The van der Waals surface area contributed by atoms with Gasteiger partial charge in [-0.25, -0.2) is 0 Å². The lowest BCUT2D eigenvalue weighted by atomic mass is 9.86. The van der Waals surface area contributed by atoms with E-state index in [0.29, 0.717) is 29.9 Å². The number of ether oxygens (including phenoxy) is 1. The van der Waals surface area contributed by atoms with Crippen molar-refractivity contribution in [3.05, 3.63) is 0 Å². The van der Waals surface area contributed by atoms with Crippen molar-refractivity contribution in [1.82, 2.24) is 10.6 Å². The Hall–Kier alpha value is -1.00. The van der Waals surface area contributed by atoms with Crippen LogP contribution in [0.2, 0.25) is 0 Å². The highest BCUT2D eigenvalue weighted by molar-refractivity contribution is 5.15. The zero-order valence-electron chi connectivity index (χ0n) is 22.3. The first-order valence-corrected chi connectivity index (χ1v) is 14.9. The maximum atomic E-state index is 6.10. The normalized spacial score (nSPS) is 31.7. The molecule has 0 spiro atoms. The molecule has 2 aliphatic heterocycles. The molecule has 4 atom stereocenters. The van der Waals surface area contributed by atoms with Crippen LogP contribution < -0.4 is 10.6 Å². The zero-order chi connectivity index (χ0) is 23.8. The minimum absolute atomic E-state index is 0.366. The van der Waals surface area contributed by atoms with Crippen LogP contribution in [0, 0.1) is 41.4 Å². The minimum Gasteiger partial charge on any atom is -0.378 e. The third-order valence-electron chi connectivity index (χ3n) is 8.07. The van der Waals surface area contributed by atoms with Crippen molar-refractivity contribution < 1.29 is 4.74 Å². The van der Waals surface area contributed by atoms with Crippen molar-refractivity contribution >= 4 is 0 Å². The van der Waals surface area contributed by atoms with E-state index in [-0.39, 0.29) is 0 Å². The largest absolute Gasteiger partial charge is 0.378 e. The summed E-state index contributed by atoms with van der Waals surface area (Å²) in [6.07, 6.45) is 20.8. The number of rotatable bonds is 10. The van der Waals surface area contributed by atoms with Crippen molar-refractivity contribution in [2.45, 2.75) is 135 Å². The molecule has 0 bridgehead atoms. The van der Waals surface area contributed by atoms with Gasteiger partial charge in [0.1, 0.15) is 0 Å². The van der Waals surface area contributed by atoms with Crippen molar-refractivity contribution in [2.75, 3.05) is 19.7 Å². The van der Waals surface area contributed by atoms with Crippen molar-refractivity contribution in [3.8, 4) is 23.7 Å². The van der Waals surface area contributed by atoms with Crippen LogP contribution in [0.5, 0.6) is 0 Å². The third kappa shape index (κ3) is 10.7. The van der Waals surface area contributed by atoms with Crippen molar-refractivity contribution in [2.24, 2.45) is 17.8 Å². The summed E-state index contributed by atoms with van der Waals surface area (Å²) in [5.41, 5.74) is 0. The quantitative estimate of drug-likeness (QED) is 0.285. The van der Waals surface area contributed by atoms with E-state index < -0.39 is 0 Å². The molecule has 4 unspecified atom stereocenters. The Kier molecular flexibility index (Phi) is 13.5. The number of piperidine rings is 2. The Labute approximate surface area is 211 Å². The molecule has 0 aromatic carbocycles. The van der Waals surface area contributed by atoms with Crippen LogP contribution in [0.3, 0.4) is 0 Å². The number of nitrogens with one attached hydrogen (secondary N) is 2. The second-order valence-corrected chi connectivity index (χ2v) is 11.1. The zero-order valence-corrected chi connectivity index (χ0v) is 22.3. The molecule has 0 amide bonds. The van der Waals surface area contributed by atoms with Crippen LogP contribution in [0.25, 0.3) is 0 Å². The maximum Gasteiger partial charge on any atom is 0.0690 e. The molecule has 34 heavy (non-hydrogen) atoms. The Bertz CT molecular complexity index is 644. The standard InChI is InChI=1S/C31H52N2O/c1-3-5-7-9-23-34-31-21-16-26(17-22-31)11-12-27-14-19-30(33-24-27)20-15-28-13-18-29(32-25-28)10-8-6-4-2/h26-33H,3-10,13-14,16-19,21-25H2,1-2H3. The topological polar surface area (TPSA) is 33.3 Å². The number of hydrogen-bond acceptors (Lipinski definition) is 3. The molecule has 3 fully saturated rings. The van der Waals surface area contributed by atoms with Gasteiger partial charge in [-0.3, -0.25) is 0 Å². The molecule has 3 nitrogen and oxygen atoms in total. The van der Waals surface area contributed by atoms with Gasteiger partial charge in [-0.05, 0) is 64.2 Å². The molecular weight excluding hydrogens is 416 g/mol. The van der Waals surface area contributed by atoms with Gasteiger partial charge in [0.25, 0.3) is 0 Å². The van der Waals surface area contributed by atoms with E-state index in [9.17, 15) is 0 Å². The van der Waals surface area contributed by atoms with Gasteiger partial charge in [0, 0.05) is 43.5 Å². The monoisotopic (exact) mass is 468 g/mol. The lowest BCUT2D eigenvalue weighted by Crippen LogP contribution is -2.39. The van der Waals surface area contributed by atoms with Gasteiger partial charge >= 0.3 is 0 Å². The maximum absolute atomic E-state index is 6.10. The fourth-order valence-corrected chi connectivity index (χ4v) is 5.64. The summed E-state index contributed by atoms with van der Waals surface area (Å²) in [6.45, 7) is 7.59. The highest BCUT2D eigenvalue weighted by Crippen LogP contribution is 2.26. The molecule has 3 rings (SSSR count). The molecule has 3 heteroatoms. The van der Waals surface area contributed by atoms with E-state index in [2.05, 4.69) is 48.2 Å². The summed E-state index contributed by atoms with van der Waals surface area (Å²) in [4.78, 5) is 0. The molecule has 192 valence electrons. The molecule has 0 aromatic rings. The lowest BCUT2D eigenvalue weighted by Gasteiger charge is -2.28. The fourth-order valence-electron chi connectivity index (χ4n) is 5.64. The number of unbranched alkanes of at least 4 members (excludes halogenated alkanes) is 5. The van der Waals surface area contributed by atoms with Crippen LogP contribution in [0.15, 0.2) is 0 Å². The average Bonchev–Trinajstić information content (AvgIpc) is 2.88.